The number of amides is 1. The van der Waals surface area contributed by atoms with Gasteiger partial charge >= 0.3 is 6.09 Å². The molecule has 32 heavy (non-hydrogen) atoms. The van der Waals surface area contributed by atoms with Crippen LogP contribution >= 0.6 is 0 Å². The van der Waals surface area contributed by atoms with Gasteiger partial charge in [-0.25, -0.2) is 23.8 Å². The van der Waals surface area contributed by atoms with E-state index in [0.29, 0.717) is 23.9 Å². The summed E-state index contributed by atoms with van der Waals surface area (Å²) in [6.45, 7) is 5.62. The van der Waals surface area contributed by atoms with Gasteiger partial charge in [0.05, 0.1) is 21.4 Å². The van der Waals surface area contributed by atoms with Gasteiger partial charge in [0.2, 0.25) is 5.88 Å². The Balaban J connectivity index is 1.43. The first-order chi connectivity index (χ1) is 15.2. The number of carbonyl (C=O) groups excluding carboxylic acids is 1. The molecule has 4 rings (SSSR count). The summed E-state index contributed by atoms with van der Waals surface area (Å²) in [5.74, 6) is 1.41. The van der Waals surface area contributed by atoms with Crippen LogP contribution in [0.15, 0.2) is 35.5 Å². The molecule has 2 aliphatic rings. The lowest BCUT2D eigenvalue weighted by Crippen LogP contribution is -2.42. The Morgan fingerprint density at radius 2 is 1.84 bits per heavy atom. The van der Waals surface area contributed by atoms with Crippen LogP contribution in [0.3, 0.4) is 0 Å². The van der Waals surface area contributed by atoms with E-state index in [9.17, 15) is 9.00 Å². The Bertz CT molecular complexity index is 1080. The van der Waals surface area contributed by atoms with Crippen LogP contribution in [0.25, 0.3) is 0 Å². The van der Waals surface area contributed by atoms with Crippen molar-refractivity contribution in [3.8, 4) is 5.88 Å². The molecule has 1 aromatic heterocycles. The smallest absolute Gasteiger partial charge is 0.410 e. The molecule has 0 radical (unpaired) electrons. The molecule has 3 heterocycles. The van der Waals surface area contributed by atoms with Crippen LogP contribution < -0.4 is 9.64 Å². The number of nitrogens with zero attached hydrogens (tertiary/aromatic N) is 4. The second kappa shape index (κ2) is 8.93. The number of hydrogen-bond acceptors (Lipinski definition) is 8. The molecule has 0 aliphatic carbocycles. The summed E-state index contributed by atoms with van der Waals surface area (Å²) in [4.78, 5) is 25.3. The molecule has 1 N–H and O–H groups in total. The van der Waals surface area contributed by atoms with Gasteiger partial charge in [0.15, 0.2) is 0 Å². The Morgan fingerprint density at radius 1 is 1.16 bits per heavy atom. The molecule has 1 fully saturated rings. The quantitative estimate of drug-likeness (QED) is 0.728. The number of hydrogen-bond donors (Lipinski definition) is 1. The third-order valence-corrected chi connectivity index (χ3v) is 6.81. The molecule has 9 nitrogen and oxygen atoms in total. The molecule has 2 aliphatic heterocycles. The number of rotatable bonds is 5. The average Bonchev–Trinajstić information content (AvgIpc) is 3.18. The molecule has 172 valence electrons. The van der Waals surface area contributed by atoms with E-state index in [1.54, 1.807) is 17.0 Å². The minimum atomic E-state index is -2.74. The number of ether oxygens (including phenoxy) is 2. The lowest BCUT2D eigenvalue weighted by Gasteiger charge is -2.32. The van der Waals surface area contributed by atoms with Crippen LogP contribution in [0.1, 0.15) is 32.3 Å². The highest BCUT2D eigenvalue weighted by atomic mass is 32.2. The number of anilines is 2. The summed E-state index contributed by atoms with van der Waals surface area (Å²) in [6.07, 6.45) is 4.72. The number of carbonyl (C=O) groups is 1. The molecule has 0 unspecified atom stereocenters. The summed E-state index contributed by atoms with van der Waals surface area (Å²) >= 11 is 0. The van der Waals surface area contributed by atoms with Gasteiger partial charge in [0.1, 0.15) is 18.2 Å². The summed E-state index contributed by atoms with van der Waals surface area (Å²) < 4.78 is 31.2. The monoisotopic (exact) mass is 459 g/mol. The van der Waals surface area contributed by atoms with Gasteiger partial charge in [0.25, 0.3) is 0 Å². The van der Waals surface area contributed by atoms with Crippen LogP contribution in [0.2, 0.25) is 0 Å². The third kappa shape index (κ3) is 4.79. The predicted molar refractivity (Wildman–Crippen MR) is 121 cm³/mol. The molecule has 0 spiro atoms. The van der Waals surface area contributed by atoms with Crippen molar-refractivity contribution in [2.75, 3.05) is 30.8 Å². The molecule has 1 amide bonds. The van der Waals surface area contributed by atoms with Gasteiger partial charge in [-0.3, -0.25) is 0 Å². The predicted octanol–water partition coefficient (Wildman–Crippen LogP) is 3.59. The topological polar surface area (TPSA) is 109 Å². The van der Waals surface area contributed by atoms with Crippen LogP contribution in [0.4, 0.5) is 16.3 Å². The lowest BCUT2D eigenvalue weighted by molar-refractivity contribution is 0.0505. The Morgan fingerprint density at radius 3 is 2.47 bits per heavy atom. The maximum Gasteiger partial charge on any atom is 0.410 e. The van der Waals surface area contributed by atoms with Gasteiger partial charge < -0.3 is 19.3 Å². The fourth-order valence-corrected chi connectivity index (χ4v) is 4.65. The van der Waals surface area contributed by atoms with Gasteiger partial charge in [-0.1, -0.05) is 0 Å². The zero-order valence-electron chi connectivity index (χ0n) is 18.6. The van der Waals surface area contributed by atoms with Gasteiger partial charge in [-0.05, 0) is 44.5 Å². The van der Waals surface area contributed by atoms with Crippen LogP contribution in [-0.2, 0) is 20.9 Å². The van der Waals surface area contributed by atoms with Crippen molar-refractivity contribution < 1.29 is 18.5 Å². The zero-order chi connectivity index (χ0) is 22.9. The fraction of sp³-hybridized carbons (Fsp3) is 0.500. The average molecular weight is 460 g/mol. The first kappa shape index (κ1) is 22.3. The molecule has 10 heteroatoms. The van der Waals surface area contributed by atoms with E-state index in [4.69, 9.17) is 14.3 Å². The first-order valence-corrected chi connectivity index (χ1v) is 12.8. The fourth-order valence-electron chi connectivity index (χ4n) is 4.00. The molecular formula is C22H29N5O4S. The number of aromatic nitrogens is 2. The number of likely N-dealkylation sites (tertiary alicyclic amines) is 1. The second-order valence-electron chi connectivity index (χ2n) is 8.46. The van der Waals surface area contributed by atoms with Gasteiger partial charge in [-0.15, -0.1) is 0 Å². The Kier molecular flexibility index (Phi) is 6.23. The summed E-state index contributed by atoms with van der Waals surface area (Å²) in [7, 11) is -2.74. The highest BCUT2D eigenvalue weighted by Gasteiger charge is 2.30. The van der Waals surface area contributed by atoms with Crippen LogP contribution in [0, 0.1) is 4.78 Å². The number of fused-ring (bicyclic) bond motifs is 1. The minimum Gasteiger partial charge on any atom is -0.474 e. The van der Waals surface area contributed by atoms with Crippen molar-refractivity contribution in [1.82, 2.24) is 14.9 Å². The maximum atomic E-state index is 12.1. The van der Waals surface area contributed by atoms with E-state index >= 15 is 0 Å². The van der Waals surface area contributed by atoms with E-state index in [0.717, 1.165) is 42.9 Å². The molecule has 2 aromatic rings. The Hall–Kier alpha value is -2.88. The van der Waals surface area contributed by atoms with Crippen molar-refractivity contribution in [2.45, 2.75) is 50.2 Å². The van der Waals surface area contributed by atoms with E-state index in [1.807, 2.05) is 26.0 Å². The van der Waals surface area contributed by atoms with Crippen molar-refractivity contribution >= 4 is 27.3 Å². The van der Waals surface area contributed by atoms with E-state index in [-0.39, 0.29) is 18.3 Å². The molecule has 1 aromatic carbocycles. The van der Waals surface area contributed by atoms with Crippen molar-refractivity contribution in [1.29, 1.82) is 4.78 Å². The molecule has 1 atom stereocenters. The summed E-state index contributed by atoms with van der Waals surface area (Å²) in [5, 5.41) is 0. The van der Waals surface area contributed by atoms with E-state index in [2.05, 4.69) is 14.9 Å². The molecule has 1 saturated heterocycles. The highest BCUT2D eigenvalue weighted by Crippen LogP contribution is 2.37. The number of piperidine rings is 1. The molecule has 0 bridgehead atoms. The summed E-state index contributed by atoms with van der Waals surface area (Å²) in [6, 6.07) is 7.21. The summed E-state index contributed by atoms with van der Waals surface area (Å²) in [5.41, 5.74) is 1.90. The van der Waals surface area contributed by atoms with E-state index in [1.165, 1.54) is 12.6 Å². The zero-order valence-corrected chi connectivity index (χ0v) is 19.4. The molecular weight excluding hydrogens is 430 g/mol. The standard InChI is InChI=1S/C22H29N5O4S/c1-15(2)30-22(28)26-11-8-17(9-12-26)31-21-19-10-13-27(20(19)24-14-25-21)16-4-6-18(7-5-16)32(3,23)29/h4-7,14-15,17,23H,8-13H2,1-3H3/t32-/m0/s1. The van der Waals surface area contributed by atoms with Crippen molar-refractivity contribution in [3.05, 3.63) is 36.2 Å². The number of nitrogens with one attached hydrogen (secondary N) is 1. The SMILES string of the molecule is CC(C)OC(=O)N1CCC(Oc2ncnc3c2CCN3c2ccc([S@@](C)(=N)=O)cc2)CC1. The van der Waals surface area contributed by atoms with Gasteiger partial charge in [-0.2, -0.15) is 0 Å². The van der Waals surface area contributed by atoms with Crippen LogP contribution in [0.5, 0.6) is 5.88 Å². The highest BCUT2D eigenvalue weighted by molar-refractivity contribution is 7.91. The van der Waals surface area contributed by atoms with Crippen molar-refractivity contribution in [2.24, 2.45) is 0 Å². The first-order valence-electron chi connectivity index (χ1n) is 10.8. The minimum absolute atomic E-state index is 0.0137. The third-order valence-electron chi connectivity index (χ3n) is 5.64. The number of benzene rings is 1. The van der Waals surface area contributed by atoms with Crippen molar-refractivity contribution in [3.63, 3.8) is 0 Å². The normalized spacial score (nSPS) is 18.4. The molecule has 0 saturated carbocycles. The largest absolute Gasteiger partial charge is 0.474 e. The van der Waals surface area contributed by atoms with Crippen LogP contribution in [-0.4, -0.2) is 63.3 Å². The maximum absolute atomic E-state index is 12.1. The van der Waals surface area contributed by atoms with E-state index < -0.39 is 9.73 Å². The lowest BCUT2D eigenvalue weighted by atomic mass is 10.1. The van der Waals surface area contributed by atoms with Gasteiger partial charge in [0, 0.05) is 49.3 Å². The Labute approximate surface area is 188 Å². The second-order valence-corrected chi connectivity index (χ2v) is 10.6.